The molecular weight excluding hydrogens is 648 g/mol. The topological polar surface area (TPSA) is 133 Å². The van der Waals surface area contributed by atoms with E-state index in [0.717, 1.165) is 50.5 Å². The van der Waals surface area contributed by atoms with Gasteiger partial charge in [0.05, 0.1) is 14.8 Å². The number of nitrogens with one attached hydrogen (secondary N) is 1. The molecule has 1 fully saturated rings. The van der Waals surface area contributed by atoms with E-state index in [1.807, 2.05) is 52.9 Å². The number of benzene rings is 2. The molecule has 0 saturated carbocycles. The van der Waals surface area contributed by atoms with Gasteiger partial charge in [0, 0.05) is 49.2 Å². The fourth-order valence-corrected chi connectivity index (χ4v) is 7.03. The van der Waals surface area contributed by atoms with E-state index in [2.05, 4.69) is 29.2 Å². The van der Waals surface area contributed by atoms with E-state index < -0.39 is 12.1 Å². The van der Waals surface area contributed by atoms with Crippen LogP contribution in [0.1, 0.15) is 10.4 Å². The maximum atomic E-state index is 12.8. The van der Waals surface area contributed by atoms with Gasteiger partial charge in [0.25, 0.3) is 5.91 Å². The third kappa shape index (κ3) is 9.53. The molecule has 1 aliphatic rings. The summed E-state index contributed by atoms with van der Waals surface area (Å²) in [5.74, 6) is -2.03. The van der Waals surface area contributed by atoms with E-state index >= 15 is 0 Å². The van der Waals surface area contributed by atoms with Gasteiger partial charge in [0.1, 0.15) is 16.6 Å². The minimum absolute atomic E-state index is 0.00837. The molecule has 0 unspecified atom stereocenters. The van der Waals surface area contributed by atoms with Crippen molar-refractivity contribution in [3.05, 3.63) is 76.5 Å². The van der Waals surface area contributed by atoms with Gasteiger partial charge in [-0.15, -0.1) is 34.4 Å². The maximum Gasteiger partial charge on any atom is 0.490 e. The molecule has 0 bridgehead atoms. The number of amidine groups is 1. The molecule has 0 spiro atoms. The Morgan fingerprint density at radius 1 is 1.09 bits per heavy atom. The first-order valence-corrected chi connectivity index (χ1v) is 16.4. The number of ether oxygens (including phenoxy) is 1. The van der Waals surface area contributed by atoms with Crippen LogP contribution in [0.2, 0.25) is 0 Å². The molecule has 9 nitrogen and oxygen atoms in total. The average Bonchev–Trinajstić information content (AvgIpc) is 3.69. The lowest BCUT2D eigenvalue weighted by molar-refractivity contribution is -0.192. The van der Waals surface area contributed by atoms with Crippen LogP contribution < -0.4 is 10.5 Å². The highest BCUT2D eigenvalue weighted by atomic mass is 32.2. The Morgan fingerprint density at radius 2 is 1.78 bits per heavy atom. The van der Waals surface area contributed by atoms with Crippen LogP contribution in [0, 0.1) is 5.41 Å². The summed E-state index contributed by atoms with van der Waals surface area (Å²) in [6.07, 6.45) is -3.07. The number of piperazine rings is 1. The zero-order valence-electron chi connectivity index (χ0n) is 24.0. The molecule has 3 heterocycles. The molecule has 0 atom stereocenters. The monoisotopic (exact) mass is 677 g/mol. The molecule has 4 aromatic rings. The number of nitrogens with two attached hydrogens (primary N) is 1. The van der Waals surface area contributed by atoms with E-state index in [1.54, 1.807) is 23.1 Å². The van der Waals surface area contributed by atoms with Gasteiger partial charge in [-0.25, -0.2) is 9.78 Å². The molecule has 2 aromatic heterocycles. The maximum absolute atomic E-state index is 12.8. The highest BCUT2D eigenvalue weighted by Gasteiger charge is 2.38. The summed E-state index contributed by atoms with van der Waals surface area (Å²) in [6, 6.07) is 20.1. The van der Waals surface area contributed by atoms with Gasteiger partial charge in [0.2, 0.25) is 0 Å². The smallest absolute Gasteiger partial charge is 0.484 e. The molecule has 1 amide bonds. The number of halogens is 3. The van der Waals surface area contributed by atoms with Crippen molar-refractivity contribution in [2.75, 3.05) is 39.0 Å². The number of nitrogens with zero attached hydrogens (tertiary/aromatic N) is 3. The minimum Gasteiger partial charge on any atom is -0.484 e. The highest BCUT2D eigenvalue weighted by molar-refractivity contribution is 8.00. The number of thiazole rings is 1. The summed E-state index contributed by atoms with van der Waals surface area (Å²) >= 11 is 4.71. The van der Waals surface area contributed by atoms with Crippen LogP contribution in [0.4, 0.5) is 13.2 Å². The second-order valence-electron chi connectivity index (χ2n) is 9.73. The normalized spacial score (nSPS) is 13.6. The second kappa shape index (κ2) is 15.4. The number of aliphatic carboxylic acids is 1. The van der Waals surface area contributed by atoms with Crippen LogP contribution in [-0.4, -0.2) is 82.8 Å². The van der Waals surface area contributed by atoms with Gasteiger partial charge in [-0.2, -0.15) is 13.2 Å². The van der Waals surface area contributed by atoms with Crippen molar-refractivity contribution in [3.8, 4) is 27.6 Å². The Morgan fingerprint density at radius 3 is 2.40 bits per heavy atom. The summed E-state index contributed by atoms with van der Waals surface area (Å²) in [7, 11) is 0. The molecule has 0 aliphatic carbocycles. The number of amides is 1. The van der Waals surface area contributed by atoms with Crippen molar-refractivity contribution < 1.29 is 32.6 Å². The standard InChI is InChI=1S/C28H29N5O2S3.C2HF3O2/c1-36-28-22(15-24(38-28)26(29)30)27-31-23(18-37-27)20-8-5-9-21(14-20)35-17-25(34)33-12-10-32(11-13-33)16-19-6-3-2-4-7-19;3-2(4,5)1(6)7/h2-9,14-15,18H,10-13,16-17H2,1H3,(H3,29,30);(H,6,7). The van der Waals surface area contributed by atoms with Crippen LogP contribution in [0.15, 0.2) is 70.3 Å². The van der Waals surface area contributed by atoms with E-state index in [9.17, 15) is 18.0 Å². The second-order valence-corrected chi connectivity index (χ2v) is 12.7. The van der Waals surface area contributed by atoms with Crippen molar-refractivity contribution in [3.63, 3.8) is 0 Å². The quantitative estimate of drug-likeness (QED) is 0.113. The molecule has 0 radical (unpaired) electrons. The molecular formula is C30H30F3N5O4S3. The molecule has 1 saturated heterocycles. The van der Waals surface area contributed by atoms with Crippen molar-refractivity contribution >= 4 is 52.1 Å². The summed E-state index contributed by atoms with van der Waals surface area (Å²) in [5, 5.41) is 17.8. The Balaban J connectivity index is 0.000000591. The molecule has 4 N–H and O–H groups in total. The predicted molar refractivity (Wildman–Crippen MR) is 171 cm³/mol. The zero-order valence-corrected chi connectivity index (χ0v) is 26.5. The van der Waals surface area contributed by atoms with Crippen LogP contribution in [-0.2, 0) is 16.1 Å². The first kappa shape index (κ1) is 34.0. The van der Waals surface area contributed by atoms with E-state index in [1.165, 1.54) is 16.9 Å². The number of hydrogen-bond donors (Lipinski definition) is 3. The third-order valence-corrected chi connectivity index (χ3v) is 9.77. The Hall–Kier alpha value is -3.92. The van der Waals surface area contributed by atoms with Gasteiger partial charge < -0.3 is 20.5 Å². The van der Waals surface area contributed by atoms with Crippen molar-refractivity contribution in [2.45, 2.75) is 16.9 Å². The summed E-state index contributed by atoms with van der Waals surface area (Å²) < 4.78 is 38.7. The number of rotatable bonds is 9. The van der Waals surface area contributed by atoms with E-state index in [0.29, 0.717) is 18.8 Å². The van der Waals surface area contributed by atoms with Crippen molar-refractivity contribution in [1.82, 2.24) is 14.8 Å². The molecule has 238 valence electrons. The van der Waals surface area contributed by atoms with Gasteiger partial charge in [-0.3, -0.25) is 15.1 Å². The summed E-state index contributed by atoms with van der Waals surface area (Å²) in [5.41, 5.74) is 9.77. The predicted octanol–water partition coefficient (Wildman–Crippen LogP) is 5.90. The first-order chi connectivity index (χ1) is 21.4. The van der Waals surface area contributed by atoms with Crippen LogP contribution in [0.5, 0.6) is 5.75 Å². The number of carbonyl (C=O) groups excluding carboxylic acids is 1. The number of thioether (sulfide) groups is 1. The van der Waals surface area contributed by atoms with Gasteiger partial charge in [-0.1, -0.05) is 42.5 Å². The largest absolute Gasteiger partial charge is 0.490 e. The number of thiophene rings is 1. The average molecular weight is 678 g/mol. The number of carboxylic acid groups (broad SMARTS) is 1. The SMILES string of the molecule is CSc1sc(C(=N)N)cc1-c1nc(-c2cccc(OCC(=O)N3CCN(Cc4ccccc4)CC3)c2)cs1.O=C(O)C(F)(F)F. The molecule has 15 heteroatoms. The van der Waals surface area contributed by atoms with Crippen LogP contribution in [0.25, 0.3) is 21.8 Å². The number of hydrogen-bond acceptors (Lipinski definition) is 9. The van der Waals surface area contributed by atoms with Crippen LogP contribution >= 0.6 is 34.4 Å². The van der Waals surface area contributed by atoms with E-state index in [-0.39, 0.29) is 18.3 Å². The van der Waals surface area contributed by atoms with Crippen molar-refractivity contribution in [2.24, 2.45) is 5.73 Å². The molecule has 5 rings (SSSR count). The van der Waals surface area contributed by atoms with Crippen LogP contribution in [0.3, 0.4) is 0 Å². The Labute approximate surface area is 270 Å². The Bertz CT molecular complexity index is 1620. The first-order valence-electron chi connectivity index (χ1n) is 13.5. The lowest BCUT2D eigenvalue weighted by atomic mass is 10.1. The number of alkyl halides is 3. The fraction of sp³-hybridized carbons (Fsp3) is 0.267. The van der Waals surface area contributed by atoms with Gasteiger partial charge in [0.15, 0.2) is 6.61 Å². The number of nitrogen functional groups attached to an aromatic ring is 1. The minimum atomic E-state index is -5.08. The summed E-state index contributed by atoms with van der Waals surface area (Å²) in [6.45, 7) is 4.07. The lowest BCUT2D eigenvalue weighted by Gasteiger charge is -2.34. The zero-order chi connectivity index (χ0) is 32.6. The molecule has 45 heavy (non-hydrogen) atoms. The third-order valence-electron chi connectivity index (χ3n) is 6.59. The number of carboxylic acids is 1. The molecule has 1 aliphatic heterocycles. The van der Waals surface area contributed by atoms with Gasteiger partial charge >= 0.3 is 12.1 Å². The fourth-order valence-electron chi connectivity index (χ4n) is 4.32. The highest BCUT2D eigenvalue weighted by Crippen LogP contribution is 2.40. The van der Waals surface area contributed by atoms with E-state index in [4.69, 9.17) is 30.8 Å². The van der Waals surface area contributed by atoms with Crippen molar-refractivity contribution in [1.29, 1.82) is 5.41 Å². The number of aromatic nitrogens is 1. The lowest BCUT2D eigenvalue weighted by Crippen LogP contribution is -2.49. The van der Waals surface area contributed by atoms with Gasteiger partial charge in [-0.05, 0) is 30.0 Å². The Kier molecular flexibility index (Phi) is 11.6. The summed E-state index contributed by atoms with van der Waals surface area (Å²) in [4.78, 5) is 31.6. The molecule has 2 aromatic carbocycles. The number of carbonyl (C=O) groups is 2.